The second-order valence-corrected chi connectivity index (χ2v) is 8.54. The summed E-state index contributed by atoms with van der Waals surface area (Å²) >= 11 is 1.52. The molecule has 2 heterocycles. The van der Waals surface area contributed by atoms with Crippen LogP contribution in [0.15, 0.2) is 53.3 Å². The molecule has 1 atom stereocenters. The first-order chi connectivity index (χ1) is 10.9. The van der Waals surface area contributed by atoms with Crippen LogP contribution in [0.1, 0.15) is 10.4 Å². The third-order valence-electron chi connectivity index (χ3n) is 3.73. The number of anilines is 1. The van der Waals surface area contributed by atoms with E-state index in [9.17, 15) is 13.2 Å². The van der Waals surface area contributed by atoms with Gasteiger partial charge in [-0.1, -0.05) is 23.8 Å². The molecule has 0 saturated heterocycles. The van der Waals surface area contributed by atoms with Crippen LogP contribution in [0.3, 0.4) is 0 Å². The average molecular weight is 347 g/mol. The van der Waals surface area contributed by atoms with Crippen molar-refractivity contribution in [1.29, 1.82) is 0 Å². The highest BCUT2D eigenvalue weighted by Gasteiger charge is 2.31. The summed E-state index contributed by atoms with van der Waals surface area (Å²) in [6.07, 6.45) is 1.87. The van der Waals surface area contributed by atoms with Gasteiger partial charge in [0.15, 0.2) is 9.84 Å². The lowest BCUT2D eigenvalue weighted by Crippen LogP contribution is -2.42. The minimum atomic E-state index is -3.22. The monoisotopic (exact) mass is 347 g/mol. The maximum absolute atomic E-state index is 12.8. The molecule has 0 saturated carbocycles. The topological polar surface area (TPSA) is 54.5 Å². The standard InChI is InChI=1S/C17H17NO3S2/c1-13-4-6-14(7-5-13)18(15-8-10-23(20,21)12-15)17(19)11-16-3-2-9-22-16/h2-10,15H,11-12H2,1H3. The van der Waals surface area contributed by atoms with Crippen LogP contribution in [-0.2, 0) is 21.1 Å². The van der Waals surface area contributed by atoms with Crippen molar-refractivity contribution in [3.63, 3.8) is 0 Å². The Morgan fingerprint density at radius 3 is 2.57 bits per heavy atom. The number of aryl methyl sites for hydroxylation is 1. The van der Waals surface area contributed by atoms with Crippen LogP contribution < -0.4 is 4.90 Å². The number of hydrogen-bond donors (Lipinski definition) is 0. The Hall–Kier alpha value is -1.92. The van der Waals surface area contributed by atoms with Crippen molar-refractivity contribution in [3.8, 4) is 0 Å². The Bertz CT molecular complexity index is 821. The van der Waals surface area contributed by atoms with E-state index in [1.54, 1.807) is 11.0 Å². The van der Waals surface area contributed by atoms with E-state index in [2.05, 4.69) is 0 Å². The first-order valence-electron chi connectivity index (χ1n) is 7.27. The summed E-state index contributed by atoms with van der Waals surface area (Å²) in [5.41, 5.74) is 1.82. The zero-order valence-corrected chi connectivity index (χ0v) is 14.3. The molecule has 1 amide bonds. The lowest BCUT2D eigenvalue weighted by molar-refractivity contribution is -0.118. The molecule has 1 unspecified atom stereocenters. The lowest BCUT2D eigenvalue weighted by Gasteiger charge is -2.27. The molecule has 6 heteroatoms. The van der Waals surface area contributed by atoms with Crippen molar-refractivity contribution in [2.24, 2.45) is 0 Å². The largest absolute Gasteiger partial charge is 0.304 e. The summed E-state index contributed by atoms with van der Waals surface area (Å²) in [7, 11) is -3.22. The van der Waals surface area contributed by atoms with Crippen LogP contribution in [0.5, 0.6) is 0 Å². The van der Waals surface area contributed by atoms with Crippen molar-refractivity contribution in [3.05, 3.63) is 63.7 Å². The number of carbonyl (C=O) groups is 1. The molecule has 1 aliphatic heterocycles. The van der Waals surface area contributed by atoms with Crippen molar-refractivity contribution in [1.82, 2.24) is 0 Å². The Labute approximate surface area is 140 Å². The molecule has 0 radical (unpaired) electrons. The maximum Gasteiger partial charge on any atom is 0.232 e. The summed E-state index contributed by atoms with van der Waals surface area (Å²) in [5, 5.41) is 3.13. The fourth-order valence-electron chi connectivity index (χ4n) is 2.59. The molecule has 120 valence electrons. The van der Waals surface area contributed by atoms with Crippen LogP contribution in [0.25, 0.3) is 0 Å². The minimum absolute atomic E-state index is 0.0585. The van der Waals surface area contributed by atoms with Gasteiger partial charge in [-0.3, -0.25) is 4.79 Å². The van der Waals surface area contributed by atoms with E-state index in [4.69, 9.17) is 0 Å². The predicted octanol–water partition coefficient (Wildman–Crippen LogP) is 2.94. The van der Waals surface area contributed by atoms with Gasteiger partial charge in [0.2, 0.25) is 5.91 Å². The molecule has 2 aromatic rings. The third kappa shape index (κ3) is 3.71. The lowest BCUT2D eigenvalue weighted by atomic mass is 10.1. The van der Waals surface area contributed by atoms with Crippen LogP contribution in [0.2, 0.25) is 0 Å². The highest BCUT2D eigenvalue weighted by atomic mass is 32.2. The highest BCUT2D eigenvalue weighted by molar-refractivity contribution is 7.94. The fourth-order valence-corrected chi connectivity index (χ4v) is 4.56. The number of carbonyl (C=O) groups excluding carboxylic acids is 1. The molecule has 4 nitrogen and oxygen atoms in total. The van der Waals surface area contributed by atoms with Crippen LogP contribution in [-0.4, -0.2) is 26.1 Å². The van der Waals surface area contributed by atoms with E-state index in [0.717, 1.165) is 16.1 Å². The maximum atomic E-state index is 12.8. The first kappa shape index (κ1) is 16.0. The number of amides is 1. The second-order valence-electron chi connectivity index (χ2n) is 5.58. The molecule has 1 aromatic carbocycles. The summed E-state index contributed by atoms with van der Waals surface area (Å²) in [4.78, 5) is 15.4. The van der Waals surface area contributed by atoms with Gasteiger partial charge in [-0.25, -0.2) is 8.42 Å². The van der Waals surface area contributed by atoms with E-state index >= 15 is 0 Å². The van der Waals surface area contributed by atoms with E-state index in [1.165, 1.54) is 16.7 Å². The highest BCUT2D eigenvalue weighted by Crippen LogP contribution is 2.25. The first-order valence-corrected chi connectivity index (χ1v) is 9.86. The normalized spacial score (nSPS) is 18.9. The summed E-state index contributed by atoms with van der Waals surface area (Å²) < 4.78 is 23.5. The van der Waals surface area contributed by atoms with Crippen LogP contribution in [0, 0.1) is 6.92 Å². The number of rotatable bonds is 4. The summed E-state index contributed by atoms with van der Waals surface area (Å²) in [6.45, 7) is 1.97. The van der Waals surface area contributed by atoms with Crippen LogP contribution in [0.4, 0.5) is 5.69 Å². The molecular formula is C17H17NO3S2. The number of hydrogen-bond acceptors (Lipinski definition) is 4. The van der Waals surface area contributed by atoms with Gasteiger partial charge in [-0.05, 0) is 36.6 Å². The SMILES string of the molecule is Cc1ccc(N(C(=O)Cc2cccs2)C2C=CS(=O)(=O)C2)cc1. The third-order valence-corrected chi connectivity index (χ3v) is 5.98. The number of benzene rings is 1. The Morgan fingerprint density at radius 1 is 1.26 bits per heavy atom. The molecule has 0 fully saturated rings. The smallest absolute Gasteiger partial charge is 0.232 e. The average Bonchev–Trinajstić information content (AvgIpc) is 3.11. The quantitative estimate of drug-likeness (QED) is 0.854. The molecule has 1 aliphatic rings. The van der Waals surface area contributed by atoms with Gasteiger partial charge < -0.3 is 4.90 Å². The van der Waals surface area contributed by atoms with E-state index in [1.807, 2.05) is 48.7 Å². The Morgan fingerprint density at radius 2 is 2.00 bits per heavy atom. The molecule has 23 heavy (non-hydrogen) atoms. The zero-order valence-electron chi connectivity index (χ0n) is 12.7. The molecule has 3 rings (SSSR count). The van der Waals surface area contributed by atoms with Gasteiger partial charge in [0.05, 0.1) is 18.2 Å². The minimum Gasteiger partial charge on any atom is -0.304 e. The molecule has 0 bridgehead atoms. The summed E-state index contributed by atoms with van der Waals surface area (Å²) in [6, 6.07) is 10.9. The number of sulfone groups is 1. The predicted molar refractivity (Wildman–Crippen MR) is 93.4 cm³/mol. The van der Waals surface area contributed by atoms with E-state index in [0.29, 0.717) is 0 Å². The van der Waals surface area contributed by atoms with Gasteiger partial charge in [0.1, 0.15) is 0 Å². The number of nitrogens with zero attached hydrogens (tertiary/aromatic N) is 1. The number of thiophene rings is 1. The molecule has 0 aliphatic carbocycles. The van der Waals surface area contributed by atoms with Gasteiger partial charge in [-0.2, -0.15) is 0 Å². The van der Waals surface area contributed by atoms with Gasteiger partial charge in [0, 0.05) is 16.0 Å². The molecule has 0 N–H and O–H groups in total. The summed E-state index contributed by atoms with van der Waals surface area (Å²) in [5.74, 6) is -0.153. The van der Waals surface area contributed by atoms with Gasteiger partial charge in [-0.15, -0.1) is 11.3 Å². The van der Waals surface area contributed by atoms with E-state index in [-0.39, 0.29) is 18.1 Å². The fraction of sp³-hybridized carbons (Fsp3) is 0.235. The Balaban J connectivity index is 1.91. The second kappa shape index (κ2) is 6.29. The van der Waals surface area contributed by atoms with Crippen molar-refractivity contribution < 1.29 is 13.2 Å². The molecule has 0 spiro atoms. The van der Waals surface area contributed by atoms with Crippen LogP contribution >= 0.6 is 11.3 Å². The van der Waals surface area contributed by atoms with Gasteiger partial charge >= 0.3 is 0 Å². The van der Waals surface area contributed by atoms with Gasteiger partial charge in [0.25, 0.3) is 0 Å². The molecule has 1 aromatic heterocycles. The van der Waals surface area contributed by atoms with Crippen molar-refractivity contribution in [2.75, 3.05) is 10.7 Å². The zero-order chi connectivity index (χ0) is 16.4. The van der Waals surface area contributed by atoms with Crippen molar-refractivity contribution >= 4 is 32.8 Å². The van der Waals surface area contributed by atoms with E-state index < -0.39 is 15.9 Å². The Kier molecular flexibility index (Phi) is 4.37. The van der Waals surface area contributed by atoms with Crippen molar-refractivity contribution in [2.45, 2.75) is 19.4 Å². The molecular weight excluding hydrogens is 330 g/mol.